The van der Waals surface area contributed by atoms with Gasteiger partial charge in [0.1, 0.15) is 5.75 Å². The van der Waals surface area contributed by atoms with E-state index >= 15 is 0 Å². The van der Waals surface area contributed by atoms with E-state index in [1.54, 1.807) is 0 Å². The third-order valence-electron chi connectivity index (χ3n) is 2.65. The van der Waals surface area contributed by atoms with Crippen LogP contribution in [0.4, 0.5) is 0 Å². The summed E-state index contributed by atoms with van der Waals surface area (Å²) in [5.74, 6) is 0.456. The average molecular weight is 238 g/mol. The van der Waals surface area contributed by atoms with Crippen LogP contribution >= 0.6 is 0 Å². The summed E-state index contributed by atoms with van der Waals surface area (Å²) in [4.78, 5) is 0. The molecule has 0 aliphatic carbocycles. The maximum absolute atomic E-state index is 10.3. The number of benzene rings is 1. The third-order valence-corrected chi connectivity index (χ3v) is 2.65. The minimum absolute atomic E-state index is 0.00859. The second kappa shape index (κ2) is 5.54. The summed E-state index contributed by atoms with van der Waals surface area (Å²) in [6.45, 7) is 12.7. The fourth-order valence-electron chi connectivity index (χ4n) is 1.75. The first-order valence-electron chi connectivity index (χ1n) is 5.91. The maximum Gasteiger partial charge on any atom is 0.123 e. The molecule has 2 heteroatoms. The molecule has 0 aliphatic heterocycles. The van der Waals surface area contributed by atoms with Gasteiger partial charge in [0.25, 0.3) is 0 Å². The Morgan fingerprint density at radius 2 is 1.06 bits per heavy atom. The number of rotatable bonds is 0. The average Bonchev–Trinajstić information content (AvgIpc) is 2.17. The number of phenolic OH excluding ortho intramolecular Hbond substituents is 1. The van der Waals surface area contributed by atoms with Crippen LogP contribution in [0, 0.1) is 0 Å². The fourth-order valence-corrected chi connectivity index (χ4v) is 1.75. The Morgan fingerprint density at radius 3 is 1.29 bits per heavy atom. The van der Waals surface area contributed by atoms with Crippen LogP contribution in [0.2, 0.25) is 0 Å². The molecule has 0 bridgehead atoms. The van der Waals surface area contributed by atoms with Crippen molar-refractivity contribution in [1.29, 1.82) is 0 Å². The zero-order valence-corrected chi connectivity index (χ0v) is 12.1. The SMILES string of the molecule is CC(C)(C)c1cccc(C(C)(C)C)c1O.CO. The maximum atomic E-state index is 10.3. The Bertz CT molecular complexity index is 322. The van der Waals surface area contributed by atoms with E-state index in [0.29, 0.717) is 5.75 Å². The van der Waals surface area contributed by atoms with Gasteiger partial charge in [-0.2, -0.15) is 0 Å². The van der Waals surface area contributed by atoms with Crippen molar-refractivity contribution in [1.82, 2.24) is 0 Å². The summed E-state index contributed by atoms with van der Waals surface area (Å²) >= 11 is 0. The van der Waals surface area contributed by atoms with Crippen LogP contribution in [0.1, 0.15) is 52.7 Å². The van der Waals surface area contributed by atoms with Crippen molar-refractivity contribution in [3.05, 3.63) is 29.3 Å². The van der Waals surface area contributed by atoms with E-state index in [9.17, 15) is 5.11 Å². The summed E-state index contributed by atoms with van der Waals surface area (Å²) in [5, 5.41) is 17.3. The van der Waals surface area contributed by atoms with Gasteiger partial charge in [-0.1, -0.05) is 59.7 Å². The van der Waals surface area contributed by atoms with Crippen molar-refractivity contribution < 1.29 is 10.2 Å². The van der Waals surface area contributed by atoms with Gasteiger partial charge in [0, 0.05) is 7.11 Å². The Balaban J connectivity index is 0.00000121. The van der Waals surface area contributed by atoms with E-state index < -0.39 is 0 Å². The molecular formula is C15H26O2. The predicted molar refractivity (Wildman–Crippen MR) is 73.6 cm³/mol. The molecule has 0 saturated heterocycles. The lowest BCUT2D eigenvalue weighted by atomic mass is 9.80. The minimum Gasteiger partial charge on any atom is -0.507 e. The molecule has 0 spiro atoms. The van der Waals surface area contributed by atoms with Gasteiger partial charge >= 0.3 is 0 Å². The molecule has 0 atom stereocenters. The van der Waals surface area contributed by atoms with Crippen LogP contribution in [-0.2, 0) is 10.8 Å². The molecule has 0 fully saturated rings. The van der Waals surface area contributed by atoms with Gasteiger partial charge in [-0.25, -0.2) is 0 Å². The number of aromatic hydroxyl groups is 1. The van der Waals surface area contributed by atoms with Gasteiger partial charge in [0.05, 0.1) is 0 Å². The number of phenols is 1. The Labute approximate surface area is 105 Å². The molecule has 0 aliphatic rings. The van der Waals surface area contributed by atoms with Crippen LogP contribution in [0.25, 0.3) is 0 Å². The van der Waals surface area contributed by atoms with Gasteiger partial charge in [-0.05, 0) is 22.0 Å². The van der Waals surface area contributed by atoms with Crippen molar-refractivity contribution in [2.24, 2.45) is 0 Å². The largest absolute Gasteiger partial charge is 0.507 e. The summed E-state index contributed by atoms with van der Waals surface area (Å²) < 4.78 is 0. The van der Waals surface area contributed by atoms with E-state index in [4.69, 9.17) is 5.11 Å². The lowest BCUT2D eigenvalue weighted by Crippen LogP contribution is -2.16. The Hall–Kier alpha value is -1.02. The Morgan fingerprint density at radius 1 is 0.765 bits per heavy atom. The van der Waals surface area contributed by atoms with Gasteiger partial charge in [0.2, 0.25) is 0 Å². The van der Waals surface area contributed by atoms with Crippen LogP contribution in [0.5, 0.6) is 5.75 Å². The molecule has 0 aromatic heterocycles. The molecule has 98 valence electrons. The van der Waals surface area contributed by atoms with Gasteiger partial charge in [-0.3, -0.25) is 0 Å². The van der Waals surface area contributed by atoms with E-state index in [1.807, 2.05) is 18.2 Å². The molecule has 1 aromatic carbocycles. The number of hydrogen-bond donors (Lipinski definition) is 2. The first-order valence-corrected chi connectivity index (χ1v) is 5.91. The Kier molecular flexibility index (Phi) is 5.21. The number of aliphatic hydroxyl groups excluding tert-OH is 1. The molecule has 1 rings (SSSR count). The molecule has 2 N–H and O–H groups in total. The lowest BCUT2D eigenvalue weighted by molar-refractivity contribution is 0.399. The van der Waals surface area contributed by atoms with E-state index in [0.717, 1.165) is 18.2 Å². The van der Waals surface area contributed by atoms with Crippen LogP contribution in [0.15, 0.2) is 18.2 Å². The molecule has 17 heavy (non-hydrogen) atoms. The van der Waals surface area contributed by atoms with Crippen LogP contribution in [0.3, 0.4) is 0 Å². The molecule has 0 radical (unpaired) electrons. The summed E-state index contributed by atoms with van der Waals surface area (Å²) in [6, 6.07) is 6.04. The highest BCUT2D eigenvalue weighted by Gasteiger charge is 2.24. The second-order valence-corrected chi connectivity index (χ2v) is 6.20. The predicted octanol–water partition coefficient (Wildman–Crippen LogP) is 3.60. The van der Waals surface area contributed by atoms with E-state index in [-0.39, 0.29) is 10.8 Å². The lowest BCUT2D eigenvalue weighted by Gasteiger charge is -2.26. The van der Waals surface area contributed by atoms with Crippen LogP contribution < -0.4 is 0 Å². The first-order chi connectivity index (χ1) is 7.64. The number of aliphatic hydroxyl groups is 1. The highest BCUT2D eigenvalue weighted by atomic mass is 16.3. The molecule has 0 amide bonds. The van der Waals surface area contributed by atoms with Gasteiger partial charge in [0.15, 0.2) is 0 Å². The topological polar surface area (TPSA) is 40.5 Å². The third kappa shape index (κ3) is 4.04. The van der Waals surface area contributed by atoms with E-state index in [2.05, 4.69) is 41.5 Å². The molecule has 0 heterocycles. The highest BCUT2D eigenvalue weighted by Crippen LogP contribution is 2.38. The molecular weight excluding hydrogens is 212 g/mol. The minimum atomic E-state index is -0.00859. The van der Waals surface area contributed by atoms with Gasteiger partial charge in [-0.15, -0.1) is 0 Å². The van der Waals surface area contributed by atoms with Crippen molar-refractivity contribution in [2.75, 3.05) is 7.11 Å². The standard InChI is InChI=1S/C14H22O.CH4O/c1-13(2,3)10-8-7-9-11(12(10)15)14(4,5)6;1-2/h7-9,15H,1-6H3;2H,1H3. The van der Waals surface area contributed by atoms with Crippen LogP contribution in [-0.4, -0.2) is 17.3 Å². The van der Waals surface area contributed by atoms with Crippen molar-refractivity contribution in [3.63, 3.8) is 0 Å². The van der Waals surface area contributed by atoms with Crippen molar-refractivity contribution in [2.45, 2.75) is 52.4 Å². The molecule has 0 unspecified atom stereocenters. The highest BCUT2D eigenvalue weighted by molar-refractivity contribution is 5.46. The van der Waals surface area contributed by atoms with Gasteiger partial charge < -0.3 is 10.2 Å². The quantitative estimate of drug-likeness (QED) is 0.725. The normalized spacial score (nSPS) is 11.8. The smallest absolute Gasteiger partial charge is 0.123 e. The number of hydrogen-bond acceptors (Lipinski definition) is 2. The summed E-state index contributed by atoms with van der Waals surface area (Å²) in [5.41, 5.74) is 2.03. The number of para-hydroxylation sites is 1. The second-order valence-electron chi connectivity index (χ2n) is 6.20. The zero-order chi connectivity index (χ0) is 13.9. The molecule has 0 saturated carbocycles. The van der Waals surface area contributed by atoms with Crippen molar-refractivity contribution in [3.8, 4) is 5.75 Å². The summed E-state index contributed by atoms with van der Waals surface area (Å²) in [7, 11) is 1.00. The summed E-state index contributed by atoms with van der Waals surface area (Å²) in [6.07, 6.45) is 0. The molecule has 2 nitrogen and oxygen atoms in total. The fraction of sp³-hybridized carbons (Fsp3) is 0.600. The first kappa shape index (κ1) is 16.0. The van der Waals surface area contributed by atoms with E-state index in [1.165, 1.54) is 0 Å². The van der Waals surface area contributed by atoms with Crippen molar-refractivity contribution >= 4 is 0 Å². The molecule has 1 aromatic rings. The zero-order valence-electron chi connectivity index (χ0n) is 12.1. The monoisotopic (exact) mass is 238 g/mol.